The summed E-state index contributed by atoms with van der Waals surface area (Å²) >= 11 is 0. The van der Waals surface area contributed by atoms with Crippen LogP contribution in [0.5, 0.6) is 5.75 Å². The normalized spacial score (nSPS) is 12.5. The van der Waals surface area contributed by atoms with Crippen molar-refractivity contribution in [3.05, 3.63) is 81.8 Å². The molecule has 0 amide bonds. The number of H-pyrrole nitrogens is 1. The van der Waals surface area contributed by atoms with E-state index in [9.17, 15) is 18.3 Å². The summed E-state index contributed by atoms with van der Waals surface area (Å²) in [5, 5.41) is 10.1. The summed E-state index contributed by atoms with van der Waals surface area (Å²) in [6.45, 7) is 5.95. The van der Waals surface area contributed by atoms with E-state index in [0.29, 0.717) is 22.6 Å². The Morgan fingerprint density at radius 2 is 1.82 bits per heavy atom. The first-order chi connectivity index (χ1) is 15.9. The molecule has 0 bridgehead atoms. The lowest BCUT2D eigenvalue weighted by atomic mass is 9.83. The van der Waals surface area contributed by atoms with Crippen LogP contribution in [0, 0.1) is 0 Å². The zero-order valence-corrected chi connectivity index (χ0v) is 20.8. The Bertz CT molecular complexity index is 1370. The number of methoxy groups -OCH3 is 1. The van der Waals surface area contributed by atoms with Gasteiger partial charge in [0, 0.05) is 28.6 Å². The van der Waals surface area contributed by atoms with Crippen molar-refractivity contribution >= 4 is 27.4 Å². The van der Waals surface area contributed by atoms with E-state index in [1.54, 1.807) is 49.7 Å². The van der Waals surface area contributed by atoms with Gasteiger partial charge in [-0.25, -0.2) is 8.42 Å². The minimum Gasteiger partial charge on any atom is -0.496 e. The number of sulfonamides is 1. The summed E-state index contributed by atoms with van der Waals surface area (Å²) in [6.07, 6.45) is 4.50. The van der Waals surface area contributed by atoms with Gasteiger partial charge in [0.15, 0.2) is 0 Å². The summed E-state index contributed by atoms with van der Waals surface area (Å²) in [5.41, 5.74) is 4.22. The van der Waals surface area contributed by atoms with Crippen LogP contribution in [0.4, 0.5) is 5.69 Å². The number of pyridine rings is 1. The number of ether oxygens (including phenoxy) is 1. The topological polar surface area (TPSA) is 108 Å². The zero-order chi connectivity index (χ0) is 25.1. The summed E-state index contributed by atoms with van der Waals surface area (Å²) in [4.78, 5) is 15.2. The van der Waals surface area contributed by atoms with Crippen molar-refractivity contribution in [3.8, 4) is 16.9 Å². The van der Waals surface area contributed by atoms with Gasteiger partial charge in [-0.3, -0.25) is 9.52 Å². The monoisotopic (exact) mass is 482 g/mol. The Kier molecular flexibility index (Phi) is 7.33. The highest BCUT2D eigenvalue weighted by molar-refractivity contribution is 7.92. The minimum atomic E-state index is -3.39. The van der Waals surface area contributed by atoms with E-state index in [2.05, 4.69) is 30.5 Å². The van der Waals surface area contributed by atoms with Gasteiger partial charge in [0.1, 0.15) is 5.75 Å². The fourth-order valence-electron chi connectivity index (χ4n) is 3.72. The number of hydrogen-bond donors (Lipinski definition) is 3. The molecular formula is C26H30N2O5S. The van der Waals surface area contributed by atoms with Gasteiger partial charge in [0.2, 0.25) is 10.0 Å². The molecule has 0 saturated heterocycles. The van der Waals surface area contributed by atoms with Crippen molar-refractivity contribution in [1.29, 1.82) is 0 Å². The van der Waals surface area contributed by atoms with Crippen LogP contribution in [0.3, 0.4) is 0 Å². The van der Waals surface area contributed by atoms with Crippen molar-refractivity contribution in [3.63, 3.8) is 0 Å². The number of nitrogens with one attached hydrogen (secondary N) is 2. The number of anilines is 1. The van der Waals surface area contributed by atoms with E-state index >= 15 is 0 Å². The second kappa shape index (κ2) is 9.87. The van der Waals surface area contributed by atoms with Gasteiger partial charge in [-0.2, -0.15) is 0 Å². The van der Waals surface area contributed by atoms with Gasteiger partial charge in [0.25, 0.3) is 5.56 Å². The molecule has 8 heteroatoms. The van der Waals surface area contributed by atoms with Gasteiger partial charge in [0.05, 0.1) is 20.0 Å². The Balaban J connectivity index is 2.19. The molecule has 34 heavy (non-hydrogen) atoms. The lowest BCUT2D eigenvalue weighted by molar-refractivity contribution is 0.350. The first kappa shape index (κ1) is 25.3. The van der Waals surface area contributed by atoms with Crippen LogP contribution in [-0.2, 0) is 15.4 Å². The molecule has 0 radical (unpaired) electrons. The summed E-state index contributed by atoms with van der Waals surface area (Å²) in [5.74, 6) is 0.657. The molecule has 1 aromatic heterocycles. The number of aliphatic hydroxyl groups excluding tert-OH is 1. The molecule has 3 N–H and O–H groups in total. The van der Waals surface area contributed by atoms with Crippen LogP contribution < -0.4 is 15.0 Å². The number of aromatic nitrogens is 1. The van der Waals surface area contributed by atoms with Gasteiger partial charge in [-0.05, 0) is 64.6 Å². The molecule has 0 spiro atoms. The van der Waals surface area contributed by atoms with Crippen molar-refractivity contribution < 1.29 is 18.3 Å². The van der Waals surface area contributed by atoms with E-state index in [4.69, 9.17) is 4.74 Å². The Morgan fingerprint density at radius 1 is 1.15 bits per heavy atom. The molecule has 0 unspecified atom stereocenters. The van der Waals surface area contributed by atoms with E-state index in [0.717, 1.165) is 28.5 Å². The molecule has 1 heterocycles. The molecule has 3 aromatic rings. The molecule has 0 aliphatic carbocycles. The Hall–Kier alpha value is -3.36. The van der Waals surface area contributed by atoms with Crippen molar-refractivity contribution in [2.45, 2.75) is 26.2 Å². The quantitative estimate of drug-likeness (QED) is 0.436. The number of aliphatic hydroxyl groups is 1. The van der Waals surface area contributed by atoms with Crippen LogP contribution in [0.2, 0.25) is 0 Å². The second-order valence-corrected chi connectivity index (χ2v) is 10.8. The van der Waals surface area contributed by atoms with Crippen LogP contribution >= 0.6 is 0 Å². The minimum absolute atomic E-state index is 0.196. The maximum atomic E-state index is 12.5. The van der Waals surface area contributed by atoms with Gasteiger partial charge < -0.3 is 14.8 Å². The van der Waals surface area contributed by atoms with Crippen LogP contribution in [0.1, 0.15) is 37.5 Å². The molecule has 0 aliphatic heterocycles. The van der Waals surface area contributed by atoms with Gasteiger partial charge in [-0.1, -0.05) is 32.9 Å². The van der Waals surface area contributed by atoms with E-state index in [-0.39, 0.29) is 17.6 Å². The maximum Gasteiger partial charge on any atom is 0.255 e. The third kappa shape index (κ3) is 5.95. The summed E-state index contributed by atoms with van der Waals surface area (Å²) in [7, 11) is -1.79. The van der Waals surface area contributed by atoms with E-state index in [1.165, 1.54) is 0 Å². The predicted octanol–water partition coefficient (Wildman–Crippen LogP) is 4.25. The van der Waals surface area contributed by atoms with Crippen LogP contribution in [-0.4, -0.2) is 38.5 Å². The van der Waals surface area contributed by atoms with Crippen molar-refractivity contribution in [2.24, 2.45) is 0 Å². The smallest absolute Gasteiger partial charge is 0.255 e. The second-order valence-electron chi connectivity index (χ2n) is 9.09. The SMILES string of the molecule is COc1c(C=C(CO)c2ccc(NS(C)(=O)=O)cc2)cc(-c2ccc[nH]c2=O)cc1C(C)(C)C. The van der Waals surface area contributed by atoms with Crippen LogP contribution in [0.15, 0.2) is 59.5 Å². The molecule has 7 nitrogen and oxygen atoms in total. The fraction of sp³-hybridized carbons (Fsp3) is 0.269. The summed E-state index contributed by atoms with van der Waals surface area (Å²) < 4.78 is 31.2. The number of benzene rings is 2. The average molecular weight is 483 g/mol. The first-order valence-electron chi connectivity index (χ1n) is 10.7. The van der Waals surface area contributed by atoms with E-state index in [1.807, 2.05) is 18.2 Å². The van der Waals surface area contributed by atoms with Gasteiger partial charge in [-0.15, -0.1) is 0 Å². The molecule has 0 fully saturated rings. The molecule has 2 aromatic carbocycles. The highest BCUT2D eigenvalue weighted by Crippen LogP contribution is 2.39. The molecule has 0 atom stereocenters. The largest absolute Gasteiger partial charge is 0.496 e. The molecule has 180 valence electrons. The first-order valence-corrected chi connectivity index (χ1v) is 12.6. The maximum absolute atomic E-state index is 12.5. The predicted molar refractivity (Wildman–Crippen MR) is 138 cm³/mol. The number of rotatable bonds is 7. The molecule has 3 rings (SSSR count). The molecule has 0 saturated carbocycles. The van der Waals surface area contributed by atoms with Gasteiger partial charge >= 0.3 is 0 Å². The summed E-state index contributed by atoms with van der Waals surface area (Å²) in [6, 6.07) is 14.1. The lowest BCUT2D eigenvalue weighted by Gasteiger charge is -2.25. The number of aromatic amines is 1. The third-order valence-corrected chi connectivity index (χ3v) is 5.92. The van der Waals surface area contributed by atoms with Crippen molar-refractivity contribution in [1.82, 2.24) is 4.98 Å². The average Bonchev–Trinajstić information content (AvgIpc) is 2.76. The molecule has 0 aliphatic rings. The number of hydrogen-bond acceptors (Lipinski definition) is 5. The highest BCUT2D eigenvalue weighted by atomic mass is 32.2. The zero-order valence-electron chi connectivity index (χ0n) is 20.0. The Labute approximate surface area is 200 Å². The highest BCUT2D eigenvalue weighted by Gasteiger charge is 2.23. The third-order valence-electron chi connectivity index (χ3n) is 5.32. The fourth-order valence-corrected chi connectivity index (χ4v) is 4.29. The van der Waals surface area contributed by atoms with E-state index < -0.39 is 10.0 Å². The van der Waals surface area contributed by atoms with Crippen molar-refractivity contribution in [2.75, 3.05) is 24.7 Å². The van der Waals surface area contributed by atoms with Crippen LogP contribution in [0.25, 0.3) is 22.8 Å². The Morgan fingerprint density at radius 3 is 2.35 bits per heavy atom. The lowest BCUT2D eigenvalue weighted by Crippen LogP contribution is -2.15. The molecular weight excluding hydrogens is 452 g/mol. The standard InChI is InChI=1S/C26H30N2O5S/c1-26(2,3)23-15-18(22-7-6-12-27-25(22)30)13-19(24(23)33-4)14-20(16-29)17-8-10-21(11-9-17)28-34(5,31)32/h6-15,28-29H,16H2,1-5H3,(H,27,30).